The Kier molecular flexibility index (Phi) is 6.32. The molecule has 1 heterocycles. The lowest BCUT2D eigenvalue weighted by molar-refractivity contribution is -0.123. The van der Waals surface area contributed by atoms with Crippen molar-refractivity contribution >= 4 is 5.91 Å². The fraction of sp³-hybridized carbons (Fsp3) is 0.538. The molecule has 2 N–H and O–H groups in total. The Morgan fingerprint density at radius 1 is 1.44 bits per heavy atom. The Morgan fingerprint density at radius 3 is 2.83 bits per heavy atom. The van der Waals surface area contributed by atoms with Crippen molar-refractivity contribution in [3.63, 3.8) is 0 Å². The summed E-state index contributed by atoms with van der Waals surface area (Å²) in [5.41, 5.74) is 0.925. The molecule has 1 unspecified atom stereocenters. The van der Waals surface area contributed by atoms with Crippen LogP contribution in [-0.2, 0) is 9.53 Å². The second kappa shape index (κ2) is 7.79. The van der Waals surface area contributed by atoms with Gasteiger partial charge in [0, 0.05) is 25.9 Å². The predicted octanol–water partition coefficient (Wildman–Crippen LogP) is 0.883. The van der Waals surface area contributed by atoms with Gasteiger partial charge in [-0.15, -0.1) is 0 Å². The largest absolute Gasteiger partial charge is 0.383 e. The lowest BCUT2D eigenvalue weighted by Crippen LogP contribution is -2.44. The summed E-state index contributed by atoms with van der Waals surface area (Å²) in [6.45, 7) is 4.87. The summed E-state index contributed by atoms with van der Waals surface area (Å²) in [4.78, 5) is 16.0. The topological polar surface area (TPSA) is 63.2 Å². The standard InChI is InChI=1S/C13H21N3O2/c1-10(12-6-4-5-7-14-12)16-11(2)13(17)15-8-9-18-3/h4-7,10-11,16H,8-9H2,1-3H3,(H,15,17)/t10-,11?/m1/s1. The number of aromatic nitrogens is 1. The van der Waals surface area contributed by atoms with E-state index in [2.05, 4.69) is 15.6 Å². The maximum atomic E-state index is 11.7. The molecule has 0 fully saturated rings. The Balaban J connectivity index is 2.39. The smallest absolute Gasteiger partial charge is 0.236 e. The van der Waals surface area contributed by atoms with Crippen LogP contribution in [0.5, 0.6) is 0 Å². The second-order valence-electron chi connectivity index (χ2n) is 4.15. The fourth-order valence-corrected chi connectivity index (χ4v) is 1.60. The number of ether oxygens (including phenoxy) is 1. The van der Waals surface area contributed by atoms with Gasteiger partial charge in [0.25, 0.3) is 0 Å². The van der Waals surface area contributed by atoms with Gasteiger partial charge in [-0.2, -0.15) is 0 Å². The number of methoxy groups -OCH3 is 1. The molecular weight excluding hydrogens is 230 g/mol. The first-order valence-corrected chi connectivity index (χ1v) is 6.08. The molecule has 5 heteroatoms. The SMILES string of the molecule is COCCNC(=O)C(C)N[C@H](C)c1ccccn1. The van der Waals surface area contributed by atoms with Crippen LogP contribution in [0.25, 0.3) is 0 Å². The van der Waals surface area contributed by atoms with Gasteiger partial charge in [0.1, 0.15) is 0 Å². The lowest BCUT2D eigenvalue weighted by Gasteiger charge is -2.19. The molecule has 5 nitrogen and oxygen atoms in total. The first-order valence-electron chi connectivity index (χ1n) is 6.08. The molecule has 0 aromatic carbocycles. The molecule has 1 rings (SSSR count). The summed E-state index contributed by atoms with van der Waals surface area (Å²) in [6.07, 6.45) is 1.75. The normalized spacial score (nSPS) is 13.9. The number of rotatable bonds is 7. The van der Waals surface area contributed by atoms with E-state index in [1.165, 1.54) is 0 Å². The Labute approximate surface area is 108 Å². The first kappa shape index (κ1) is 14.6. The van der Waals surface area contributed by atoms with Crippen LogP contribution in [0.15, 0.2) is 24.4 Å². The summed E-state index contributed by atoms with van der Waals surface area (Å²) >= 11 is 0. The van der Waals surface area contributed by atoms with Gasteiger partial charge >= 0.3 is 0 Å². The van der Waals surface area contributed by atoms with Crippen LogP contribution in [0.2, 0.25) is 0 Å². The van der Waals surface area contributed by atoms with Crippen molar-refractivity contribution < 1.29 is 9.53 Å². The number of hydrogen-bond acceptors (Lipinski definition) is 4. The molecule has 0 aliphatic heterocycles. The van der Waals surface area contributed by atoms with E-state index in [-0.39, 0.29) is 18.0 Å². The van der Waals surface area contributed by atoms with Gasteiger partial charge in [0.05, 0.1) is 18.3 Å². The van der Waals surface area contributed by atoms with Crippen LogP contribution in [0.4, 0.5) is 0 Å². The quantitative estimate of drug-likeness (QED) is 0.706. The van der Waals surface area contributed by atoms with Crippen molar-refractivity contribution in [1.82, 2.24) is 15.6 Å². The van der Waals surface area contributed by atoms with Crippen LogP contribution in [0, 0.1) is 0 Å². The van der Waals surface area contributed by atoms with Crippen LogP contribution in [0.3, 0.4) is 0 Å². The van der Waals surface area contributed by atoms with Crippen LogP contribution >= 0.6 is 0 Å². The summed E-state index contributed by atoms with van der Waals surface area (Å²) in [6, 6.07) is 5.52. The van der Waals surface area contributed by atoms with Crippen molar-refractivity contribution in [3.8, 4) is 0 Å². The van der Waals surface area contributed by atoms with Gasteiger partial charge < -0.3 is 10.1 Å². The van der Waals surface area contributed by atoms with E-state index >= 15 is 0 Å². The molecule has 0 radical (unpaired) electrons. The van der Waals surface area contributed by atoms with E-state index in [1.807, 2.05) is 32.0 Å². The molecule has 0 saturated heterocycles. The average Bonchev–Trinajstić information content (AvgIpc) is 2.39. The van der Waals surface area contributed by atoms with Gasteiger partial charge in [0.2, 0.25) is 5.91 Å². The molecule has 0 aliphatic rings. The molecule has 0 aliphatic carbocycles. The zero-order valence-corrected chi connectivity index (χ0v) is 11.1. The van der Waals surface area contributed by atoms with Crippen LogP contribution < -0.4 is 10.6 Å². The maximum Gasteiger partial charge on any atom is 0.236 e. The average molecular weight is 251 g/mol. The zero-order chi connectivity index (χ0) is 13.4. The monoisotopic (exact) mass is 251 g/mol. The minimum Gasteiger partial charge on any atom is -0.383 e. The Bertz CT molecular complexity index is 357. The number of carbonyl (C=O) groups excluding carboxylic acids is 1. The van der Waals surface area contributed by atoms with Crippen molar-refractivity contribution in [1.29, 1.82) is 0 Å². The summed E-state index contributed by atoms with van der Waals surface area (Å²) in [5.74, 6) is -0.0326. The van der Waals surface area contributed by atoms with Crippen molar-refractivity contribution in [2.45, 2.75) is 25.9 Å². The van der Waals surface area contributed by atoms with Crippen molar-refractivity contribution in [3.05, 3.63) is 30.1 Å². The summed E-state index contributed by atoms with van der Waals surface area (Å²) in [7, 11) is 1.61. The third kappa shape index (κ3) is 4.81. The Morgan fingerprint density at radius 2 is 2.22 bits per heavy atom. The molecule has 1 amide bonds. The first-order chi connectivity index (χ1) is 8.65. The van der Waals surface area contributed by atoms with Gasteiger partial charge in [-0.3, -0.25) is 15.1 Å². The van der Waals surface area contributed by atoms with Crippen LogP contribution in [-0.4, -0.2) is 37.2 Å². The third-order valence-electron chi connectivity index (χ3n) is 2.63. The van der Waals surface area contributed by atoms with Crippen LogP contribution in [0.1, 0.15) is 25.6 Å². The van der Waals surface area contributed by atoms with E-state index in [9.17, 15) is 4.79 Å². The number of hydrogen-bond donors (Lipinski definition) is 2. The van der Waals surface area contributed by atoms with Gasteiger partial charge in [-0.05, 0) is 26.0 Å². The highest BCUT2D eigenvalue weighted by atomic mass is 16.5. The molecule has 2 atom stereocenters. The van der Waals surface area contributed by atoms with E-state index < -0.39 is 0 Å². The molecule has 0 bridgehead atoms. The minimum atomic E-state index is -0.265. The highest BCUT2D eigenvalue weighted by Crippen LogP contribution is 2.08. The molecule has 1 aromatic heterocycles. The van der Waals surface area contributed by atoms with E-state index in [0.717, 1.165) is 5.69 Å². The number of nitrogens with one attached hydrogen (secondary N) is 2. The molecule has 0 saturated carbocycles. The lowest BCUT2D eigenvalue weighted by atomic mass is 10.2. The fourth-order valence-electron chi connectivity index (χ4n) is 1.60. The molecule has 18 heavy (non-hydrogen) atoms. The zero-order valence-electron chi connectivity index (χ0n) is 11.1. The Hall–Kier alpha value is -1.46. The van der Waals surface area contributed by atoms with Gasteiger partial charge in [0.15, 0.2) is 0 Å². The van der Waals surface area contributed by atoms with Gasteiger partial charge in [-0.1, -0.05) is 6.07 Å². The molecular formula is C13H21N3O2. The number of amides is 1. The van der Waals surface area contributed by atoms with E-state index in [4.69, 9.17) is 4.74 Å². The third-order valence-corrected chi connectivity index (χ3v) is 2.63. The van der Waals surface area contributed by atoms with E-state index in [0.29, 0.717) is 13.2 Å². The maximum absolute atomic E-state index is 11.7. The summed E-state index contributed by atoms with van der Waals surface area (Å²) < 4.78 is 4.88. The number of pyridine rings is 1. The second-order valence-corrected chi connectivity index (χ2v) is 4.15. The highest BCUT2D eigenvalue weighted by Gasteiger charge is 2.16. The number of nitrogens with zero attached hydrogens (tertiary/aromatic N) is 1. The molecule has 1 aromatic rings. The minimum absolute atomic E-state index is 0.0326. The van der Waals surface area contributed by atoms with Crippen molar-refractivity contribution in [2.24, 2.45) is 0 Å². The highest BCUT2D eigenvalue weighted by molar-refractivity contribution is 5.81. The van der Waals surface area contributed by atoms with E-state index in [1.54, 1.807) is 13.3 Å². The van der Waals surface area contributed by atoms with Crippen molar-refractivity contribution in [2.75, 3.05) is 20.3 Å². The number of carbonyl (C=O) groups is 1. The van der Waals surface area contributed by atoms with Gasteiger partial charge in [-0.25, -0.2) is 0 Å². The predicted molar refractivity (Wildman–Crippen MR) is 70.1 cm³/mol. The molecule has 100 valence electrons. The molecule has 0 spiro atoms. The summed E-state index contributed by atoms with van der Waals surface area (Å²) in [5, 5.41) is 6.00.